The summed E-state index contributed by atoms with van der Waals surface area (Å²) in [4.78, 5) is 0. The lowest BCUT2D eigenvalue weighted by Gasteiger charge is -2.28. The molecule has 0 amide bonds. The SMILES string of the molecule is CCCC(CC)(OC1=CC=C(P=[NH2+])CC1)[P+]1=S(C)N1N=CC1=CC=C(C(C)(C)CC)CC1. The van der Waals surface area contributed by atoms with Crippen molar-refractivity contribution in [2.75, 3.05) is 6.26 Å². The normalized spacial score (nSPS) is 24.6. The lowest BCUT2D eigenvalue weighted by Crippen LogP contribution is -2.27. The van der Waals surface area contributed by atoms with Gasteiger partial charge in [-0.05, 0) is 59.4 Å². The zero-order chi connectivity index (χ0) is 23.4. The van der Waals surface area contributed by atoms with Crippen molar-refractivity contribution in [1.82, 2.24) is 4.18 Å². The van der Waals surface area contributed by atoms with Crippen molar-refractivity contribution in [3.05, 3.63) is 46.5 Å². The van der Waals surface area contributed by atoms with Crippen LogP contribution in [-0.2, 0) is 15.0 Å². The van der Waals surface area contributed by atoms with Gasteiger partial charge < -0.3 is 4.74 Å². The van der Waals surface area contributed by atoms with Gasteiger partial charge in [-0.1, -0.05) is 52.3 Å². The van der Waals surface area contributed by atoms with Crippen LogP contribution in [0.2, 0.25) is 0 Å². The van der Waals surface area contributed by atoms with Crippen LogP contribution >= 0.6 is 15.2 Å². The van der Waals surface area contributed by atoms with Gasteiger partial charge in [0.05, 0.1) is 6.21 Å². The molecule has 1 heterocycles. The standard InChI is InChI=1S/C25H40N3OP2S/c1-7-18-25(9-3,29-22-14-16-23(30-26)17-15-22)31-28(32(31)6)27-19-20-10-12-21(13-11-20)24(4,5)8-2/h10,12,14,16,19,26H,7-9,11,13,15,17-18H2,1-6H3/q+1/p+1. The molecule has 0 spiro atoms. The Labute approximate surface area is 200 Å². The molecule has 1 aliphatic heterocycles. The summed E-state index contributed by atoms with van der Waals surface area (Å²) >= 11 is 0. The van der Waals surface area contributed by atoms with Crippen LogP contribution in [0.25, 0.3) is 0 Å². The molecule has 3 atom stereocenters. The maximum absolute atomic E-state index is 6.81. The van der Waals surface area contributed by atoms with E-state index in [1.54, 1.807) is 5.57 Å². The van der Waals surface area contributed by atoms with E-state index in [1.807, 2.05) is 0 Å². The molecule has 0 fully saturated rings. The Hall–Kier alpha value is -1.02. The van der Waals surface area contributed by atoms with Gasteiger partial charge in [0.1, 0.15) is 5.76 Å². The monoisotopic (exact) mass is 493 g/mol. The van der Waals surface area contributed by atoms with Crippen molar-refractivity contribution in [2.24, 2.45) is 10.5 Å². The van der Waals surface area contributed by atoms with Crippen LogP contribution in [0.5, 0.6) is 0 Å². The van der Waals surface area contributed by atoms with Crippen molar-refractivity contribution >= 4 is 31.7 Å². The molecule has 3 rings (SSSR count). The highest BCUT2D eigenvalue weighted by Gasteiger charge is 2.62. The van der Waals surface area contributed by atoms with Gasteiger partial charge in [0, 0.05) is 30.8 Å². The lowest BCUT2D eigenvalue weighted by molar-refractivity contribution is -0.0751. The van der Waals surface area contributed by atoms with E-state index in [2.05, 4.69) is 75.6 Å². The highest BCUT2D eigenvalue weighted by Crippen LogP contribution is 2.64. The van der Waals surface area contributed by atoms with Crippen LogP contribution in [-0.4, -0.2) is 22.0 Å². The number of nitrogens with two attached hydrogens (primary N) is 1. The third-order valence-electron chi connectivity index (χ3n) is 6.99. The lowest BCUT2D eigenvalue weighted by atomic mass is 9.77. The summed E-state index contributed by atoms with van der Waals surface area (Å²) in [6, 6.07) is 0. The third-order valence-corrected chi connectivity index (χ3v) is 14.4. The molecule has 32 heavy (non-hydrogen) atoms. The van der Waals surface area contributed by atoms with E-state index in [-0.39, 0.29) is 15.6 Å². The Kier molecular flexibility index (Phi) is 8.75. The molecule has 0 radical (unpaired) electrons. The zero-order valence-electron chi connectivity index (χ0n) is 20.7. The first-order chi connectivity index (χ1) is 15.3. The quantitative estimate of drug-likeness (QED) is 0.244. The van der Waals surface area contributed by atoms with Crippen molar-refractivity contribution in [2.45, 2.75) is 91.3 Å². The maximum Gasteiger partial charge on any atom is 0.346 e. The Bertz CT molecular complexity index is 929. The van der Waals surface area contributed by atoms with Crippen molar-refractivity contribution in [3.8, 4) is 0 Å². The molecule has 0 aromatic carbocycles. The molecule has 0 bridgehead atoms. The second-order valence-electron chi connectivity index (χ2n) is 9.46. The van der Waals surface area contributed by atoms with Gasteiger partial charge in [0.25, 0.3) is 5.34 Å². The summed E-state index contributed by atoms with van der Waals surface area (Å²) in [6.07, 6.45) is 22.0. The summed E-state index contributed by atoms with van der Waals surface area (Å²) in [5.74, 6) is 1.12. The molecule has 3 unspecified atom stereocenters. The molecule has 176 valence electrons. The largest absolute Gasteiger partial charge is 0.449 e. The molecular formula is C25H41N3OP2S+2. The average molecular weight is 494 g/mol. The minimum atomic E-state index is -0.415. The van der Waals surface area contributed by atoms with Crippen LogP contribution in [0.15, 0.2) is 51.6 Å². The van der Waals surface area contributed by atoms with Crippen LogP contribution in [0.4, 0.5) is 0 Å². The van der Waals surface area contributed by atoms with Gasteiger partial charge in [-0.15, -0.1) is 5.10 Å². The Morgan fingerprint density at radius 1 is 1.12 bits per heavy atom. The number of rotatable bonds is 11. The molecule has 2 aliphatic carbocycles. The molecule has 0 aromatic heterocycles. The number of nitrogens with zero attached hydrogens (tertiary/aromatic N) is 2. The van der Waals surface area contributed by atoms with Crippen LogP contribution in [0.3, 0.4) is 0 Å². The van der Waals surface area contributed by atoms with Crippen LogP contribution in [0.1, 0.15) is 86.0 Å². The Balaban J connectivity index is 1.73. The number of ether oxygens (including phenoxy) is 1. The van der Waals surface area contributed by atoms with E-state index < -0.39 is 6.85 Å². The van der Waals surface area contributed by atoms with Crippen LogP contribution < -0.4 is 5.16 Å². The maximum atomic E-state index is 6.81. The van der Waals surface area contributed by atoms with Crippen molar-refractivity contribution < 1.29 is 9.90 Å². The fourth-order valence-electron chi connectivity index (χ4n) is 4.36. The highest BCUT2D eigenvalue weighted by molar-refractivity contribution is 8.38. The van der Waals surface area contributed by atoms with Gasteiger partial charge in [-0.2, -0.15) is 0 Å². The number of hydrazone groups is 1. The molecule has 7 heteroatoms. The molecule has 0 saturated heterocycles. The second kappa shape index (κ2) is 10.9. The summed E-state index contributed by atoms with van der Waals surface area (Å²) in [5, 5.41) is 11.9. The minimum absolute atomic E-state index is 0.101. The molecule has 0 aromatic rings. The fourth-order valence-corrected chi connectivity index (χ4v) is 11.9. The first-order valence-electron chi connectivity index (χ1n) is 12.0. The molecule has 3 aliphatic rings. The molecule has 0 saturated carbocycles. The van der Waals surface area contributed by atoms with E-state index in [9.17, 15) is 0 Å². The number of hydrogen-bond acceptors (Lipinski definition) is 3. The van der Waals surface area contributed by atoms with Gasteiger partial charge in [-0.25, -0.2) is 5.16 Å². The smallest absolute Gasteiger partial charge is 0.346 e. The predicted molar refractivity (Wildman–Crippen MR) is 143 cm³/mol. The average Bonchev–Trinajstić information content (AvgIpc) is 3.47. The van der Waals surface area contributed by atoms with Gasteiger partial charge in [-0.3, -0.25) is 0 Å². The Morgan fingerprint density at radius 3 is 2.44 bits per heavy atom. The number of allylic oxidation sites excluding steroid dienone is 8. The molecular weight excluding hydrogens is 452 g/mol. The minimum Gasteiger partial charge on any atom is -0.449 e. The molecule has 2 N–H and O–H groups in total. The van der Waals surface area contributed by atoms with E-state index >= 15 is 0 Å². The summed E-state index contributed by atoms with van der Waals surface area (Å²) in [7, 11) is 1.05. The molecule has 4 nitrogen and oxygen atoms in total. The van der Waals surface area contributed by atoms with Gasteiger partial charge >= 0.3 is 6.85 Å². The Morgan fingerprint density at radius 2 is 1.91 bits per heavy atom. The zero-order valence-corrected chi connectivity index (χ0v) is 23.3. The van der Waals surface area contributed by atoms with Gasteiger partial charge in [0.2, 0.25) is 8.37 Å². The van der Waals surface area contributed by atoms with E-state index in [1.165, 1.54) is 17.3 Å². The third kappa shape index (κ3) is 5.72. The highest BCUT2D eigenvalue weighted by atomic mass is 32.6. The van der Waals surface area contributed by atoms with Crippen molar-refractivity contribution in [3.63, 3.8) is 0 Å². The van der Waals surface area contributed by atoms with Gasteiger partial charge in [0.15, 0.2) is 10.3 Å². The summed E-state index contributed by atoms with van der Waals surface area (Å²) in [6.45, 7) is 11.1. The summed E-state index contributed by atoms with van der Waals surface area (Å²) < 4.78 is 9.17. The first-order valence-corrected chi connectivity index (χ1v) is 16.5. The van der Waals surface area contributed by atoms with E-state index in [4.69, 9.17) is 15.0 Å². The van der Waals surface area contributed by atoms with E-state index in [0.29, 0.717) is 5.41 Å². The first kappa shape index (κ1) is 25.6. The van der Waals surface area contributed by atoms with E-state index in [0.717, 1.165) is 59.1 Å². The second-order valence-corrected chi connectivity index (χ2v) is 16.2. The van der Waals surface area contributed by atoms with Crippen LogP contribution in [0, 0.1) is 5.41 Å². The number of hydrogen-bond donors (Lipinski definition) is 1. The fraction of sp³-hybridized carbons (Fsp3) is 0.640. The summed E-state index contributed by atoms with van der Waals surface area (Å²) in [5.41, 5.74) is 3.20. The van der Waals surface area contributed by atoms with Crippen molar-refractivity contribution in [1.29, 1.82) is 0 Å². The topological polar surface area (TPSA) is 50.2 Å². The predicted octanol–water partition coefficient (Wildman–Crippen LogP) is 7.22.